The number of nitrogen functional groups attached to an aromatic ring is 1. The van der Waals surface area contributed by atoms with E-state index >= 15 is 0 Å². The fraction of sp³-hybridized carbons (Fsp3) is 0.0769. The van der Waals surface area contributed by atoms with Crippen molar-refractivity contribution in [3.63, 3.8) is 0 Å². The summed E-state index contributed by atoms with van der Waals surface area (Å²) in [5, 5.41) is 9.36. The third-order valence-electron chi connectivity index (χ3n) is 3.04. The van der Waals surface area contributed by atoms with Gasteiger partial charge in [0.1, 0.15) is 11.3 Å². The molecule has 0 amide bonds. The van der Waals surface area contributed by atoms with Gasteiger partial charge in [-0.3, -0.25) is 4.40 Å². The fourth-order valence-electron chi connectivity index (χ4n) is 2.04. The number of nitrogens with two attached hydrogens (primary N) is 1. The van der Waals surface area contributed by atoms with Crippen molar-refractivity contribution in [1.82, 2.24) is 24.6 Å². The van der Waals surface area contributed by atoms with Gasteiger partial charge in [-0.25, -0.2) is 9.97 Å². The van der Waals surface area contributed by atoms with Crippen LogP contribution >= 0.6 is 11.8 Å². The molecule has 21 heavy (non-hydrogen) atoms. The zero-order valence-corrected chi connectivity index (χ0v) is 11.8. The minimum atomic E-state index is 0.497. The number of hydrogen-bond acceptors (Lipinski definition) is 7. The van der Waals surface area contributed by atoms with Gasteiger partial charge in [0.05, 0.1) is 0 Å². The number of oxazole rings is 1. The normalized spacial score (nSPS) is 11.5. The number of rotatable bonds is 2. The summed E-state index contributed by atoms with van der Waals surface area (Å²) in [7, 11) is 0. The van der Waals surface area contributed by atoms with Gasteiger partial charge >= 0.3 is 0 Å². The molecule has 3 heterocycles. The maximum absolute atomic E-state index is 5.74. The number of aryl methyl sites for hydroxylation is 1. The number of nitrogens with zero attached hydrogens (tertiary/aromatic N) is 5. The molecule has 0 unspecified atom stereocenters. The Balaban J connectivity index is 1.79. The molecule has 0 saturated carbocycles. The Bertz CT molecular complexity index is 960. The molecule has 0 aliphatic carbocycles. The first-order valence-corrected chi connectivity index (χ1v) is 7.02. The topological polar surface area (TPSA) is 95.1 Å². The van der Waals surface area contributed by atoms with E-state index in [0.29, 0.717) is 27.2 Å². The van der Waals surface area contributed by atoms with Crippen LogP contribution in [0.3, 0.4) is 0 Å². The summed E-state index contributed by atoms with van der Waals surface area (Å²) >= 11 is 1.31. The summed E-state index contributed by atoms with van der Waals surface area (Å²) in [4.78, 5) is 8.72. The number of benzene rings is 1. The van der Waals surface area contributed by atoms with Crippen molar-refractivity contribution in [1.29, 1.82) is 0 Å². The summed E-state index contributed by atoms with van der Waals surface area (Å²) in [5.41, 5.74) is 8.49. The van der Waals surface area contributed by atoms with E-state index in [9.17, 15) is 0 Å². The molecule has 2 N–H and O–H groups in total. The molecule has 0 aliphatic heterocycles. The summed E-state index contributed by atoms with van der Waals surface area (Å²) in [6, 6.07) is 5.36. The summed E-state index contributed by atoms with van der Waals surface area (Å²) in [5.74, 6) is 0.805. The second-order valence-corrected chi connectivity index (χ2v) is 5.42. The molecule has 3 aromatic heterocycles. The smallest absolute Gasteiger partial charge is 0.263 e. The zero-order chi connectivity index (χ0) is 14.4. The van der Waals surface area contributed by atoms with Crippen LogP contribution in [-0.4, -0.2) is 24.6 Å². The van der Waals surface area contributed by atoms with Gasteiger partial charge in [-0.2, -0.15) is 0 Å². The van der Waals surface area contributed by atoms with Crippen molar-refractivity contribution < 1.29 is 4.42 Å². The molecule has 0 fully saturated rings. The van der Waals surface area contributed by atoms with Crippen LogP contribution in [-0.2, 0) is 0 Å². The predicted octanol–water partition coefficient (Wildman–Crippen LogP) is 2.31. The van der Waals surface area contributed by atoms with Gasteiger partial charge in [0.2, 0.25) is 0 Å². The first kappa shape index (κ1) is 12.2. The maximum Gasteiger partial charge on any atom is 0.263 e. The van der Waals surface area contributed by atoms with E-state index in [-0.39, 0.29) is 0 Å². The molecular weight excluding hydrogens is 288 g/mol. The Kier molecular flexibility index (Phi) is 2.58. The van der Waals surface area contributed by atoms with Crippen LogP contribution in [0.4, 0.5) is 5.69 Å². The van der Waals surface area contributed by atoms with Crippen molar-refractivity contribution in [3.05, 3.63) is 36.4 Å². The van der Waals surface area contributed by atoms with E-state index in [2.05, 4.69) is 20.2 Å². The van der Waals surface area contributed by atoms with Crippen LogP contribution in [0, 0.1) is 6.92 Å². The van der Waals surface area contributed by atoms with Gasteiger partial charge < -0.3 is 10.2 Å². The lowest BCUT2D eigenvalue weighted by Crippen LogP contribution is -1.91. The average Bonchev–Trinajstić information content (AvgIpc) is 3.03. The number of anilines is 1. The Morgan fingerprint density at radius 3 is 3.10 bits per heavy atom. The summed E-state index contributed by atoms with van der Waals surface area (Å²) in [6.45, 7) is 1.89. The monoisotopic (exact) mass is 298 g/mol. The molecule has 0 saturated heterocycles. The van der Waals surface area contributed by atoms with Crippen LogP contribution < -0.4 is 5.73 Å². The minimum Gasteiger partial charge on any atom is -0.431 e. The minimum absolute atomic E-state index is 0.497. The average molecular weight is 298 g/mol. The van der Waals surface area contributed by atoms with Gasteiger partial charge in [-0.1, -0.05) is 0 Å². The van der Waals surface area contributed by atoms with Gasteiger partial charge in [-0.05, 0) is 36.9 Å². The highest BCUT2D eigenvalue weighted by atomic mass is 32.2. The van der Waals surface area contributed by atoms with Gasteiger partial charge in [0.15, 0.2) is 16.3 Å². The summed E-state index contributed by atoms with van der Waals surface area (Å²) < 4.78 is 7.55. The van der Waals surface area contributed by atoms with Crippen LogP contribution in [0.2, 0.25) is 0 Å². The lowest BCUT2D eigenvalue weighted by atomic mass is 10.3. The lowest BCUT2D eigenvalue weighted by Gasteiger charge is -1.98. The highest BCUT2D eigenvalue weighted by molar-refractivity contribution is 7.99. The Labute approximate surface area is 123 Å². The van der Waals surface area contributed by atoms with Crippen molar-refractivity contribution in [2.75, 3.05) is 5.73 Å². The molecule has 1 aromatic carbocycles. The van der Waals surface area contributed by atoms with E-state index < -0.39 is 0 Å². The van der Waals surface area contributed by atoms with Crippen LogP contribution in [0.1, 0.15) is 5.82 Å². The molecule has 4 aromatic rings. The third kappa shape index (κ3) is 2.00. The first-order valence-electron chi connectivity index (χ1n) is 6.21. The van der Waals surface area contributed by atoms with Gasteiger partial charge in [-0.15, -0.1) is 10.2 Å². The van der Waals surface area contributed by atoms with E-state index in [4.69, 9.17) is 10.2 Å². The van der Waals surface area contributed by atoms with Crippen molar-refractivity contribution in [3.8, 4) is 0 Å². The highest BCUT2D eigenvalue weighted by Crippen LogP contribution is 2.31. The Morgan fingerprint density at radius 1 is 1.29 bits per heavy atom. The quantitative estimate of drug-likeness (QED) is 0.567. The van der Waals surface area contributed by atoms with Crippen LogP contribution in [0.5, 0.6) is 0 Å². The lowest BCUT2D eigenvalue weighted by molar-refractivity contribution is 0.489. The molecule has 7 nitrogen and oxygen atoms in total. The first-order chi connectivity index (χ1) is 10.2. The molecule has 0 atom stereocenters. The molecule has 0 radical (unpaired) electrons. The number of aromatic nitrogens is 5. The predicted molar refractivity (Wildman–Crippen MR) is 78.1 cm³/mol. The number of fused-ring (bicyclic) bond motifs is 2. The van der Waals surface area contributed by atoms with E-state index in [1.807, 2.05) is 17.5 Å². The van der Waals surface area contributed by atoms with Crippen molar-refractivity contribution in [2.45, 2.75) is 17.2 Å². The highest BCUT2D eigenvalue weighted by Gasteiger charge is 2.13. The van der Waals surface area contributed by atoms with E-state index in [1.54, 1.807) is 24.4 Å². The largest absolute Gasteiger partial charge is 0.431 e. The van der Waals surface area contributed by atoms with Crippen LogP contribution in [0.15, 0.2) is 45.3 Å². The summed E-state index contributed by atoms with van der Waals surface area (Å²) in [6.07, 6.45) is 3.52. The second kappa shape index (κ2) is 4.45. The van der Waals surface area contributed by atoms with Crippen LogP contribution in [0.25, 0.3) is 16.7 Å². The van der Waals surface area contributed by atoms with Crippen molar-refractivity contribution >= 4 is 34.2 Å². The van der Waals surface area contributed by atoms with Gasteiger partial charge in [0, 0.05) is 18.1 Å². The van der Waals surface area contributed by atoms with E-state index in [1.165, 1.54) is 11.8 Å². The molecule has 0 aliphatic rings. The second-order valence-electron chi connectivity index (χ2n) is 4.48. The zero-order valence-electron chi connectivity index (χ0n) is 11.0. The Morgan fingerprint density at radius 2 is 2.19 bits per heavy atom. The standard InChI is InChI=1S/C13H10N6OS/c1-7-17-18-11-12(15-4-5-19(7)11)21-13-16-9-6-8(14)2-3-10(9)20-13/h2-6H,14H2,1H3. The SMILES string of the molecule is Cc1nnc2c(Sc3nc4cc(N)ccc4o3)nccn12. The molecule has 8 heteroatoms. The molecule has 0 spiro atoms. The maximum atomic E-state index is 5.74. The third-order valence-corrected chi connectivity index (χ3v) is 3.87. The molecule has 0 bridgehead atoms. The molecule has 4 rings (SSSR count). The van der Waals surface area contributed by atoms with Gasteiger partial charge in [0.25, 0.3) is 5.22 Å². The molecule has 104 valence electrons. The molecular formula is C13H10N6OS. The van der Waals surface area contributed by atoms with E-state index in [0.717, 1.165) is 11.3 Å². The Hall–Kier alpha value is -2.61. The van der Waals surface area contributed by atoms with Crippen molar-refractivity contribution in [2.24, 2.45) is 0 Å². The fourth-order valence-corrected chi connectivity index (χ4v) is 2.83. The number of hydrogen-bond donors (Lipinski definition) is 1.